The van der Waals surface area contributed by atoms with Gasteiger partial charge in [0.25, 0.3) is 0 Å². The molecule has 2 saturated carbocycles. The number of ether oxygens (including phenoxy) is 2. The number of carbonyl (C=O) groups is 1. The van der Waals surface area contributed by atoms with Crippen molar-refractivity contribution in [2.75, 3.05) is 13.2 Å². The number of nitrogens with one attached hydrogen (secondary N) is 1. The Morgan fingerprint density at radius 3 is 2.27 bits per heavy atom. The Labute approximate surface area is 133 Å². The molecule has 4 heteroatoms. The van der Waals surface area contributed by atoms with Crippen molar-refractivity contribution < 1.29 is 14.3 Å². The number of carbonyl (C=O) groups excluding carboxylic acids is 1. The summed E-state index contributed by atoms with van der Waals surface area (Å²) in [5, 5.41) is 3.40. The summed E-state index contributed by atoms with van der Waals surface area (Å²) >= 11 is 0. The number of rotatable bonds is 0. The Morgan fingerprint density at radius 1 is 1.00 bits per heavy atom. The fraction of sp³-hybridized carbons (Fsp3) is 0.944. The largest absolute Gasteiger partial charge is 0.350 e. The summed E-state index contributed by atoms with van der Waals surface area (Å²) in [6.07, 6.45) is 9.11. The maximum Gasteiger partial charge on any atom is 0.223 e. The Morgan fingerprint density at radius 2 is 1.64 bits per heavy atom. The van der Waals surface area contributed by atoms with E-state index in [9.17, 15) is 4.79 Å². The summed E-state index contributed by atoms with van der Waals surface area (Å²) in [4.78, 5) is 12.4. The quantitative estimate of drug-likeness (QED) is 0.748. The summed E-state index contributed by atoms with van der Waals surface area (Å²) < 4.78 is 11.7. The highest BCUT2D eigenvalue weighted by molar-refractivity contribution is 5.80. The van der Waals surface area contributed by atoms with Gasteiger partial charge in [-0.1, -0.05) is 13.8 Å². The Balaban J connectivity index is 1.40. The van der Waals surface area contributed by atoms with Crippen LogP contribution in [0.3, 0.4) is 0 Å². The third-order valence-electron chi connectivity index (χ3n) is 7.05. The predicted octanol–water partition coefficient (Wildman–Crippen LogP) is 3.00. The number of amides is 1. The molecular weight excluding hydrogens is 278 g/mol. The fourth-order valence-electron chi connectivity index (χ4n) is 5.40. The second kappa shape index (κ2) is 4.94. The van der Waals surface area contributed by atoms with Gasteiger partial charge in [0, 0.05) is 24.3 Å². The summed E-state index contributed by atoms with van der Waals surface area (Å²) in [5.41, 5.74) is 0.530. The van der Waals surface area contributed by atoms with E-state index in [4.69, 9.17) is 9.47 Å². The molecule has 1 N–H and O–H groups in total. The molecule has 0 radical (unpaired) electrons. The lowest BCUT2D eigenvalue weighted by Crippen LogP contribution is -2.63. The third-order valence-corrected chi connectivity index (χ3v) is 7.05. The second-order valence-corrected chi connectivity index (χ2v) is 8.54. The third kappa shape index (κ3) is 2.30. The molecule has 2 saturated heterocycles. The van der Waals surface area contributed by atoms with Crippen LogP contribution in [0.25, 0.3) is 0 Å². The van der Waals surface area contributed by atoms with E-state index in [1.165, 1.54) is 32.1 Å². The van der Waals surface area contributed by atoms with Crippen molar-refractivity contribution in [2.24, 2.45) is 17.3 Å². The van der Waals surface area contributed by atoms with Gasteiger partial charge < -0.3 is 14.8 Å². The summed E-state index contributed by atoms with van der Waals surface area (Å²) in [7, 11) is 0. The van der Waals surface area contributed by atoms with Gasteiger partial charge >= 0.3 is 0 Å². The van der Waals surface area contributed by atoms with Crippen molar-refractivity contribution in [1.29, 1.82) is 0 Å². The first-order valence-corrected chi connectivity index (χ1v) is 9.06. The minimum absolute atomic E-state index is 0.0952. The van der Waals surface area contributed by atoms with Crippen molar-refractivity contribution in [3.05, 3.63) is 0 Å². The first-order chi connectivity index (χ1) is 10.5. The highest BCUT2D eigenvalue weighted by Crippen LogP contribution is 2.61. The van der Waals surface area contributed by atoms with Crippen LogP contribution in [-0.4, -0.2) is 30.4 Å². The van der Waals surface area contributed by atoms with Crippen LogP contribution in [0.2, 0.25) is 0 Å². The molecule has 2 aliphatic heterocycles. The number of hydrogen-bond acceptors (Lipinski definition) is 3. The Bertz CT molecular complexity index is 451. The normalized spacial score (nSPS) is 38.7. The molecule has 0 aromatic heterocycles. The highest BCUT2D eigenvalue weighted by Gasteiger charge is 2.59. The van der Waals surface area contributed by atoms with Crippen molar-refractivity contribution in [1.82, 2.24) is 5.32 Å². The van der Waals surface area contributed by atoms with Crippen LogP contribution in [0.5, 0.6) is 0 Å². The smallest absolute Gasteiger partial charge is 0.223 e. The molecule has 3 spiro atoms. The van der Waals surface area contributed by atoms with Crippen molar-refractivity contribution in [2.45, 2.75) is 76.5 Å². The van der Waals surface area contributed by atoms with Crippen LogP contribution in [-0.2, 0) is 14.3 Å². The van der Waals surface area contributed by atoms with Gasteiger partial charge in [0.1, 0.15) is 0 Å². The maximum atomic E-state index is 12.4. The Kier molecular flexibility index (Phi) is 3.36. The molecule has 4 aliphatic rings. The molecular formula is C18H29NO3. The van der Waals surface area contributed by atoms with Gasteiger partial charge in [-0.25, -0.2) is 0 Å². The monoisotopic (exact) mass is 307 g/mol. The molecule has 2 heterocycles. The van der Waals surface area contributed by atoms with Gasteiger partial charge in [0.05, 0.1) is 13.2 Å². The maximum absolute atomic E-state index is 12.4. The second-order valence-electron chi connectivity index (χ2n) is 8.54. The molecule has 0 aromatic carbocycles. The van der Waals surface area contributed by atoms with Crippen LogP contribution in [0, 0.1) is 17.3 Å². The molecule has 4 rings (SSSR count). The standard InChI is InChI=1S/C18H29NO3/c1-13-3-4-17(19-15(20)14(13)2)11-16(12-17)5-7-18(8-6-16)21-9-10-22-18/h13-14H,3-12H2,1-2H3,(H,19,20). The molecule has 22 heavy (non-hydrogen) atoms. The highest BCUT2D eigenvalue weighted by atomic mass is 16.7. The average molecular weight is 307 g/mol. The summed E-state index contributed by atoms with van der Waals surface area (Å²) in [5.74, 6) is 0.676. The molecule has 2 aliphatic carbocycles. The molecule has 124 valence electrons. The van der Waals surface area contributed by atoms with E-state index in [-0.39, 0.29) is 23.2 Å². The molecule has 0 bridgehead atoms. The van der Waals surface area contributed by atoms with E-state index in [2.05, 4.69) is 19.2 Å². The van der Waals surface area contributed by atoms with Gasteiger partial charge in [-0.15, -0.1) is 0 Å². The van der Waals surface area contributed by atoms with Crippen LogP contribution >= 0.6 is 0 Å². The Hall–Kier alpha value is -0.610. The topological polar surface area (TPSA) is 47.6 Å². The zero-order valence-corrected chi connectivity index (χ0v) is 14.0. The SMILES string of the molecule is CC1CCC2(CC3(CCC4(CC3)OCCO4)C2)NC(=O)C1C. The minimum atomic E-state index is -0.260. The summed E-state index contributed by atoms with van der Waals surface area (Å²) in [6.45, 7) is 5.80. The summed E-state index contributed by atoms with van der Waals surface area (Å²) in [6, 6.07) is 0. The van der Waals surface area contributed by atoms with Crippen molar-refractivity contribution >= 4 is 5.91 Å². The molecule has 2 unspecified atom stereocenters. The van der Waals surface area contributed by atoms with Crippen molar-refractivity contribution in [3.8, 4) is 0 Å². The van der Waals surface area contributed by atoms with E-state index in [1.54, 1.807) is 0 Å². The first kappa shape index (κ1) is 14.9. The van der Waals surface area contributed by atoms with Crippen LogP contribution in [0.15, 0.2) is 0 Å². The molecule has 0 aromatic rings. The average Bonchev–Trinajstić information content (AvgIpc) is 2.90. The lowest BCUT2D eigenvalue weighted by molar-refractivity contribution is -0.206. The first-order valence-electron chi connectivity index (χ1n) is 9.06. The lowest BCUT2D eigenvalue weighted by Gasteiger charge is -2.59. The van der Waals surface area contributed by atoms with Gasteiger partial charge in [-0.05, 0) is 49.9 Å². The minimum Gasteiger partial charge on any atom is -0.350 e. The van der Waals surface area contributed by atoms with E-state index in [0.29, 0.717) is 11.3 Å². The van der Waals surface area contributed by atoms with E-state index < -0.39 is 0 Å². The van der Waals surface area contributed by atoms with Gasteiger partial charge in [-0.2, -0.15) is 0 Å². The zero-order valence-electron chi connectivity index (χ0n) is 14.0. The molecule has 4 nitrogen and oxygen atoms in total. The lowest BCUT2D eigenvalue weighted by atomic mass is 9.50. The van der Waals surface area contributed by atoms with Crippen LogP contribution in [0.1, 0.15) is 65.2 Å². The van der Waals surface area contributed by atoms with E-state index >= 15 is 0 Å². The fourth-order valence-corrected chi connectivity index (χ4v) is 5.40. The van der Waals surface area contributed by atoms with Gasteiger partial charge in [0.15, 0.2) is 5.79 Å². The van der Waals surface area contributed by atoms with Crippen LogP contribution in [0.4, 0.5) is 0 Å². The van der Waals surface area contributed by atoms with E-state index in [0.717, 1.165) is 32.5 Å². The predicted molar refractivity (Wildman–Crippen MR) is 83.2 cm³/mol. The van der Waals surface area contributed by atoms with Gasteiger partial charge in [-0.3, -0.25) is 4.79 Å². The van der Waals surface area contributed by atoms with Crippen molar-refractivity contribution in [3.63, 3.8) is 0 Å². The zero-order chi connectivity index (χ0) is 15.4. The van der Waals surface area contributed by atoms with Gasteiger partial charge in [0.2, 0.25) is 5.91 Å². The molecule has 4 fully saturated rings. The molecule has 1 amide bonds. The van der Waals surface area contributed by atoms with E-state index in [1.807, 2.05) is 0 Å². The van der Waals surface area contributed by atoms with Crippen LogP contribution < -0.4 is 5.32 Å². The molecule has 2 atom stereocenters. The number of hydrogen-bond donors (Lipinski definition) is 1.